The average Bonchev–Trinajstić information content (AvgIpc) is 3.11. The van der Waals surface area contributed by atoms with Crippen molar-refractivity contribution in [1.29, 1.82) is 0 Å². The number of piperidine rings is 1. The number of ether oxygens (including phenoxy) is 1. The number of fused-ring (bicyclic) bond motifs is 4. The summed E-state index contributed by atoms with van der Waals surface area (Å²) in [6, 6.07) is 31.7. The van der Waals surface area contributed by atoms with Crippen LogP contribution < -0.4 is 4.74 Å². The molecule has 3 aliphatic heterocycles. The van der Waals surface area contributed by atoms with Gasteiger partial charge in [-0.15, -0.1) is 0 Å². The third kappa shape index (κ3) is 4.02. The lowest BCUT2D eigenvalue weighted by molar-refractivity contribution is -0.967. The lowest BCUT2D eigenvalue weighted by atomic mass is 9.81. The second kappa shape index (κ2) is 8.88. The quantitative estimate of drug-likeness (QED) is 0.425. The predicted octanol–water partition coefficient (Wildman–Crippen LogP) is 6.42. The van der Waals surface area contributed by atoms with Crippen LogP contribution in [0.5, 0.6) is 5.75 Å². The molecule has 0 amide bonds. The van der Waals surface area contributed by atoms with E-state index < -0.39 is 0 Å². The molecule has 0 saturated carbocycles. The van der Waals surface area contributed by atoms with Gasteiger partial charge in [0.05, 0.1) is 26.1 Å². The van der Waals surface area contributed by atoms with Crippen molar-refractivity contribution in [1.82, 2.24) is 0 Å². The first-order valence-electron chi connectivity index (χ1n) is 11.9. The summed E-state index contributed by atoms with van der Waals surface area (Å²) in [5.74, 6) is 2.37. The molecular formula is C29H34NO+. The van der Waals surface area contributed by atoms with E-state index in [1.807, 2.05) is 7.11 Å². The van der Waals surface area contributed by atoms with Crippen molar-refractivity contribution in [3.63, 3.8) is 0 Å². The van der Waals surface area contributed by atoms with Crippen LogP contribution in [0.4, 0.5) is 0 Å². The molecule has 3 aromatic rings. The van der Waals surface area contributed by atoms with Crippen molar-refractivity contribution in [2.75, 3.05) is 20.2 Å². The summed E-state index contributed by atoms with van der Waals surface area (Å²) in [4.78, 5) is 0. The molecule has 2 heteroatoms. The highest BCUT2D eigenvalue weighted by Crippen LogP contribution is 2.45. The first-order chi connectivity index (χ1) is 15.3. The summed E-state index contributed by atoms with van der Waals surface area (Å²) in [6.07, 6.45) is 5.39. The van der Waals surface area contributed by atoms with Gasteiger partial charge in [0, 0.05) is 12.0 Å². The van der Waals surface area contributed by atoms with E-state index in [1.165, 1.54) is 59.9 Å². The second-order valence-electron chi connectivity index (χ2n) is 9.52. The fourth-order valence-corrected chi connectivity index (χ4v) is 6.32. The Labute approximate surface area is 187 Å². The van der Waals surface area contributed by atoms with E-state index in [2.05, 4.69) is 84.9 Å². The van der Waals surface area contributed by atoms with Gasteiger partial charge >= 0.3 is 0 Å². The molecule has 0 aromatic heterocycles. The Hall–Kier alpha value is -2.58. The molecule has 0 aliphatic carbocycles. The smallest absolute Gasteiger partial charge is 0.127 e. The van der Waals surface area contributed by atoms with Crippen LogP contribution >= 0.6 is 0 Å². The molecule has 6 rings (SSSR count). The molecule has 1 unspecified atom stereocenters. The Morgan fingerprint density at radius 1 is 0.742 bits per heavy atom. The Balaban J connectivity index is 1.61. The van der Waals surface area contributed by atoms with Crippen molar-refractivity contribution < 1.29 is 9.22 Å². The van der Waals surface area contributed by atoms with Crippen molar-refractivity contribution >= 4 is 0 Å². The minimum absolute atomic E-state index is 0.425. The van der Waals surface area contributed by atoms with Gasteiger partial charge in [-0.25, -0.2) is 0 Å². The number of hydrogen-bond donors (Lipinski definition) is 0. The fraction of sp³-hybridized carbons (Fsp3) is 0.379. The van der Waals surface area contributed by atoms with Gasteiger partial charge in [-0.2, -0.15) is 0 Å². The summed E-state index contributed by atoms with van der Waals surface area (Å²) < 4.78 is 6.96. The normalized spacial score (nSPS) is 25.4. The largest absolute Gasteiger partial charge is 0.496 e. The summed E-state index contributed by atoms with van der Waals surface area (Å²) in [7, 11) is 1.81. The first kappa shape index (κ1) is 20.3. The zero-order chi connectivity index (χ0) is 21.1. The maximum absolute atomic E-state index is 5.78. The van der Waals surface area contributed by atoms with E-state index in [1.54, 1.807) is 0 Å². The van der Waals surface area contributed by atoms with Crippen LogP contribution in [-0.2, 0) is 6.54 Å². The number of nitrogens with zero attached hydrogens (tertiary/aromatic N) is 1. The Bertz CT molecular complexity index is 936. The van der Waals surface area contributed by atoms with E-state index in [0.717, 1.165) is 18.2 Å². The van der Waals surface area contributed by atoms with Crippen molar-refractivity contribution in [2.45, 2.75) is 44.2 Å². The van der Waals surface area contributed by atoms with Crippen molar-refractivity contribution in [3.05, 3.63) is 102 Å². The highest BCUT2D eigenvalue weighted by molar-refractivity contribution is 5.35. The molecule has 0 spiro atoms. The number of benzene rings is 3. The van der Waals surface area contributed by atoms with E-state index >= 15 is 0 Å². The molecule has 3 aliphatic rings. The van der Waals surface area contributed by atoms with Gasteiger partial charge in [0.1, 0.15) is 18.3 Å². The second-order valence-corrected chi connectivity index (χ2v) is 9.52. The van der Waals surface area contributed by atoms with Gasteiger partial charge in [-0.3, -0.25) is 0 Å². The highest BCUT2D eigenvalue weighted by atomic mass is 16.5. The monoisotopic (exact) mass is 412 g/mol. The van der Waals surface area contributed by atoms with Gasteiger partial charge in [0.2, 0.25) is 0 Å². The summed E-state index contributed by atoms with van der Waals surface area (Å²) in [6.45, 7) is 3.63. The minimum Gasteiger partial charge on any atom is -0.496 e. The average molecular weight is 413 g/mol. The molecule has 0 radical (unpaired) electrons. The molecule has 31 heavy (non-hydrogen) atoms. The lowest BCUT2D eigenvalue weighted by Gasteiger charge is -2.49. The van der Waals surface area contributed by atoms with E-state index in [4.69, 9.17) is 4.74 Å². The van der Waals surface area contributed by atoms with E-state index in [-0.39, 0.29) is 0 Å². The number of rotatable bonds is 6. The molecular weight excluding hydrogens is 378 g/mol. The maximum atomic E-state index is 5.78. The van der Waals surface area contributed by atoms with Crippen LogP contribution in [0.15, 0.2) is 84.9 Å². The highest BCUT2D eigenvalue weighted by Gasteiger charge is 2.48. The third-order valence-electron chi connectivity index (χ3n) is 7.92. The Morgan fingerprint density at radius 2 is 1.32 bits per heavy atom. The lowest BCUT2D eigenvalue weighted by Crippen LogP contribution is -2.58. The zero-order valence-corrected chi connectivity index (χ0v) is 18.6. The third-order valence-corrected chi connectivity index (χ3v) is 7.92. The van der Waals surface area contributed by atoms with Gasteiger partial charge in [0.15, 0.2) is 0 Å². The molecule has 2 nitrogen and oxygen atoms in total. The minimum atomic E-state index is 0.425. The standard InChI is InChI=1S/C29H34NO/c1-31-28-15-9-8-14-26(28)22-30-20-18-23(19-21-30)16-17-27(30)29(24-10-4-2-5-11-24)25-12-6-3-7-13-25/h2-15,23,27,29H,16-22H2,1H3/q+1. The Morgan fingerprint density at radius 3 is 1.94 bits per heavy atom. The van der Waals surface area contributed by atoms with Crippen LogP contribution in [0, 0.1) is 5.92 Å². The van der Waals surface area contributed by atoms with Crippen molar-refractivity contribution in [3.8, 4) is 5.75 Å². The maximum Gasteiger partial charge on any atom is 0.127 e. The number of para-hydroxylation sites is 1. The van der Waals surface area contributed by atoms with E-state index in [0.29, 0.717) is 12.0 Å². The molecule has 160 valence electrons. The summed E-state index contributed by atoms with van der Waals surface area (Å²) in [5.41, 5.74) is 4.28. The van der Waals surface area contributed by atoms with Crippen LogP contribution in [-0.4, -0.2) is 30.7 Å². The number of methoxy groups -OCH3 is 1. The van der Waals surface area contributed by atoms with Gasteiger partial charge in [-0.1, -0.05) is 72.8 Å². The topological polar surface area (TPSA) is 9.23 Å². The van der Waals surface area contributed by atoms with Crippen LogP contribution in [0.3, 0.4) is 0 Å². The van der Waals surface area contributed by atoms with Crippen LogP contribution in [0.25, 0.3) is 0 Å². The first-order valence-corrected chi connectivity index (χ1v) is 11.9. The molecule has 0 N–H and O–H groups in total. The van der Waals surface area contributed by atoms with Crippen LogP contribution in [0.1, 0.15) is 48.3 Å². The predicted molar refractivity (Wildman–Crippen MR) is 127 cm³/mol. The molecule has 3 fully saturated rings. The summed E-state index contributed by atoms with van der Waals surface area (Å²) in [5, 5.41) is 0. The van der Waals surface area contributed by atoms with Gasteiger partial charge < -0.3 is 9.22 Å². The number of quaternary nitrogens is 1. The van der Waals surface area contributed by atoms with Gasteiger partial charge in [-0.05, 0) is 48.4 Å². The zero-order valence-electron chi connectivity index (χ0n) is 18.6. The molecule has 1 atom stereocenters. The molecule has 3 saturated heterocycles. The van der Waals surface area contributed by atoms with Crippen molar-refractivity contribution in [2.24, 2.45) is 5.92 Å². The van der Waals surface area contributed by atoms with Crippen LogP contribution in [0.2, 0.25) is 0 Å². The van der Waals surface area contributed by atoms with E-state index in [9.17, 15) is 0 Å². The fourth-order valence-electron chi connectivity index (χ4n) is 6.32. The molecule has 3 aromatic carbocycles. The Kier molecular flexibility index (Phi) is 5.82. The molecule has 3 heterocycles. The summed E-state index contributed by atoms with van der Waals surface area (Å²) >= 11 is 0. The number of hydrogen-bond acceptors (Lipinski definition) is 1. The van der Waals surface area contributed by atoms with Gasteiger partial charge in [0.25, 0.3) is 0 Å². The SMILES string of the molecule is COc1ccccc1C[N+]12CCC(CCC1C(c1ccccc1)c1ccccc1)CC2. The molecule has 2 bridgehead atoms.